The summed E-state index contributed by atoms with van der Waals surface area (Å²) in [7, 11) is 1.55. The highest BCUT2D eigenvalue weighted by molar-refractivity contribution is 5.49. The fourth-order valence-corrected chi connectivity index (χ4v) is 2.25. The third kappa shape index (κ3) is 2.51. The normalized spacial score (nSPS) is 12.3. The summed E-state index contributed by atoms with van der Waals surface area (Å²) >= 11 is 0. The van der Waals surface area contributed by atoms with Gasteiger partial charge in [-0.1, -0.05) is 18.2 Å². The molecule has 0 amide bonds. The van der Waals surface area contributed by atoms with E-state index in [1.807, 2.05) is 26.0 Å². The molecule has 0 spiro atoms. The number of hydrogen-bond donors (Lipinski definition) is 1. The largest absolute Gasteiger partial charge is 0.496 e. The van der Waals surface area contributed by atoms with Crippen LogP contribution in [0.1, 0.15) is 28.3 Å². The summed E-state index contributed by atoms with van der Waals surface area (Å²) in [5.74, 6) is -0.635. The lowest BCUT2D eigenvalue weighted by Gasteiger charge is -2.19. The van der Waals surface area contributed by atoms with Gasteiger partial charge in [0, 0.05) is 17.2 Å². The molecular weight excluding hydrogens is 260 g/mol. The smallest absolute Gasteiger partial charge is 0.131 e. The van der Waals surface area contributed by atoms with Gasteiger partial charge in [0.25, 0.3) is 0 Å². The molecule has 0 saturated carbocycles. The lowest BCUT2D eigenvalue weighted by molar-refractivity contribution is 0.403. The molecule has 0 aliphatic rings. The van der Waals surface area contributed by atoms with Gasteiger partial charge < -0.3 is 10.5 Å². The molecule has 1 atom stereocenters. The van der Waals surface area contributed by atoms with E-state index >= 15 is 0 Å². The molecule has 20 heavy (non-hydrogen) atoms. The zero-order valence-corrected chi connectivity index (χ0v) is 11.7. The molecule has 0 heterocycles. The van der Waals surface area contributed by atoms with Gasteiger partial charge >= 0.3 is 0 Å². The van der Waals surface area contributed by atoms with Crippen LogP contribution in [0.4, 0.5) is 8.78 Å². The summed E-state index contributed by atoms with van der Waals surface area (Å²) in [5.41, 5.74) is 9.07. The summed E-state index contributed by atoms with van der Waals surface area (Å²) < 4.78 is 32.2. The molecule has 2 N–H and O–H groups in total. The van der Waals surface area contributed by atoms with E-state index in [-0.39, 0.29) is 5.56 Å². The van der Waals surface area contributed by atoms with Crippen molar-refractivity contribution in [3.8, 4) is 5.75 Å². The molecule has 0 fully saturated rings. The first-order chi connectivity index (χ1) is 9.45. The lowest BCUT2D eigenvalue weighted by Crippen LogP contribution is -2.15. The monoisotopic (exact) mass is 277 g/mol. The van der Waals surface area contributed by atoms with Crippen molar-refractivity contribution >= 4 is 0 Å². The lowest BCUT2D eigenvalue weighted by atomic mass is 9.94. The van der Waals surface area contributed by atoms with Crippen LogP contribution >= 0.6 is 0 Å². The van der Waals surface area contributed by atoms with Crippen LogP contribution in [0.5, 0.6) is 5.75 Å². The maximum atomic E-state index is 13.8. The number of ether oxygens (including phenoxy) is 1. The highest BCUT2D eigenvalue weighted by Gasteiger charge is 2.19. The molecule has 0 aromatic heterocycles. The van der Waals surface area contributed by atoms with Crippen LogP contribution in [-0.2, 0) is 0 Å². The fraction of sp³-hybridized carbons (Fsp3) is 0.250. The Bertz CT molecular complexity index is 641. The second kappa shape index (κ2) is 5.59. The van der Waals surface area contributed by atoms with Gasteiger partial charge in [-0.05, 0) is 31.0 Å². The molecule has 0 bridgehead atoms. The van der Waals surface area contributed by atoms with Crippen LogP contribution in [-0.4, -0.2) is 7.11 Å². The third-order valence-corrected chi connectivity index (χ3v) is 3.54. The number of halogens is 2. The third-order valence-electron chi connectivity index (χ3n) is 3.54. The van der Waals surface area contributed by atoms with Crippen molar-refractivity contribution in [1.29, 1.82) is 0 Å². The quantitative estimate of drug-likeness (QED) is 0.929. The Labute approximate surface area is 117 Å². The summed E-state index contributed by atoms with van der Waals surface area (Å²) in [6, 6.07) is 6.42. The number of nitrogens with two attached hydrogens (primary N) is 1. The van der Waals surface area contributed by atoms with Gasteiger partial charge in [0.2, 0.25) is 0 Å². The van der Waals surface area contributed by atoms with E-state index < -0.39 is 17.7 Å². The van der Waals surface area contributed by atoms with E-state index in [4.69, 9.17) is 10.5 Å². The average molecular weight is 277 g/mol. The molecule has 106 valence electrons. The first-order valence-corrected chi connectivity index (χ1v) is 6.30. The van der Waals surface area contributed by atoms with Crippen molar-refractivity contribution in [3.05, 3.63) is 64.2 Å². The Morgan fingerprint density at radius 1 is 1.05 bits per heavy atom. The van der Waals surface area contributed by atoms with E-state index in [2.05, 4.69) is 0 Å². The summed E-state index contributed by atoms with van der Waals surface area (Å²) in [6.45, 7) is 3.89. The molecule has 2 aromatic rings. The molecular formula is C16H17F2NO. The van der Waals surface area contributed by atoms with Gasteiger partial charge in [0.15, 0.2) is 0 Å². The van der Waals surface area contributed by atoms with Crippen molar-refractivity contribution in [2.75, 3.05) is 7.11 Å². The summed E-state index contributed by atoms with van der Waals surface area (Å²) in [4.78, 5) is 0. The van der Waals surface area contributed by atoms with Crippen LogP contribution in [0.2, 0.25) is 0 Å². The minimum Gasteiger partial charge on any atom is -0.496 e. The van der Waals surface area contributed by atoms with Gasteiger partial charge in [-0.3, -0.25) is 0 Å². The average Bonchev–Trinajstić information content (AvgIpc) is 2.41. The zero-order valence-electron chi connectivity index (χ0n) is 11.7. The minimum absolute atomic E-state index is 0.243. The van der Waals surface area contributed by atoms with Crippen molar-refractivity contribution in [2.45, 2.75) is 19.9 Å². The maximum Gasteiger partial charge on any atom is 0.131 e. The molecule has 2 nitrogen and oxygen atoms in total. The first kappa shape index (κ1) is 14.5. The van der Waals surface area contributed by atoms with Crippen molar-refractivity contribution < 1.29 is 13.5 Å². The second-order valence-electron chi connectivity index (χ2n) is 4.77. The Balaban J connectivity index is 2.53. The molecule has 0 aliphatic carbocycles. The first-order valence-electron chi connectivity index (χ1n) is 6.30. The number of rotatable bonds is 3. The van der Waals surface area contributed by atoms with E-state index in [9.17, 15) is 8.78 Å². The van der Waals surface area contributed by atoms with Gasteiger partial charge in [-0.2, -0.15) is 0 Å². The Kier molecular flexibility index (Phi) is 4.04. The summed E-state index contributed by atoms with van der Waals surface area (Å²) in [5, 5.41) is 0. The van der Waals surface area contributed by atoms with Crippen LogP contribution < -0.4 is 10.5 Å². The topological polar surface area (TPSA) is 35.2 Å². The van der Waals surface area contributed by atoms with E-state index in [1.54, 1.807) is 7.11 Å². The number of benzene rings is 2. The number of aryl methyl sites for hydroxylation is 1. The Hall–Kier alpha value is -1.94. The molecule has 1 unspecified atom stereocenters. The van der Waals surface area contributed by atoms with Crippen LogP contribution in [0, 0.1) is 25.5 Å². The summed E-state index contributed by atoms with van der Waals surface area (Å²) in [6.07, 6.45) is 0. The van der Waals surface area contributed by atoms with E-state index in [1.165, 1.54) is 12.1 Å². The molecule has 2 rings (SSSR count). The van der Waals surface area contributed by atoms with Gasteiger partial charge in [0.05, 0.1) is 13.2 Å². The number of methoxy groups -OCH3 is 1. The highest BCUT2D eigenvalue weighted by atomic mass is 19.1. The van der Waals surface area contributed by atoms with Gasteiger partial charge in [0.1, 0.15) is 17.4 Å². The fourth-order valence-electron chi connectivity index (χ4n) is 2.25. The predicted molar refractivity (Wildman–Crippen MR) is 74.9 cm³/mol. The maximum absolute atomic E-state index is 13.8. The predicted octanol–water partition coefficient (Wildman–Crippen LogP) is 3.64. The molecule has 0 aliphatic heterocycles. The molecule has 2 aromatic carbocycles. The Morgan fingerprint density at radius 2 is 1.70 bits per heavy atom. The second-order valence-corrected chi connectivity index (χ2v) is 4.77. The van der Waals surface area contributed by atoms with Crippen molar-refractivity contribution in [3.63, 3.8) is 0 Å². The highest BCUT2D eigenvalue weighted by Crippen LogP contribution is 2.33. The molecule has 0 saturated heterocycles. The standard InChI is InChI=1S/C16H17F2NO/c1-9-4-6-13(16(20-3)10(9)2)15(19)12-7-5-11(17)8-14(12)18/h4-8,15H,19H2,1-3H3. The minimum atomic E-state index is -0.704. The molecule has 4 heteroatoms. The van der Waals surface area contributed by atoms with Gasteiger partial charge in [-0.15, -0.1) is 0 Å². The van der Waals surface area contributed by atoms with Crippen LogP contribution in [0.15, 0.2) is 30.3 Å². The van der Waals surface area contributed by atoms with E-state index in [0.717, 1.165) is 17.2 Å². The van der Waals surface area contributed by atoms with Crippen molar-refractivity contribution in [1.82, 2.24) is 0 Å². The molecule has 0 radical (unpaired) electrons. The zero-order chi connectivity index (χ0) is 14.9. The van der Waals surface area contributed by atoms with Crippen LogP contribution in [0.3, 0.4) is 0 Å². The SMILES string of the molecule is COc1c(C(N)c2ccc(F)cc2F)ccc(C)c1C. The Morgan fingerprint density at radius 3 is 2.30 bits per heavy atom. The van der Waals surface area contributed by atoms with E-state index in [0.29, 0.717) is 11.3 Å². The van der Waals surface area contributed by atoms with Crippen LogP contribution in [0.25, 0.3) is 0 Å². The van der Waals surface area contributed by atoms with Gasteiger partial charge in [-0.25, -0.2) is 8.78 Å². The van der Waals surface area contributed by atoms with Crippen molar-refractivity contribution in [2.24, 2.45) is 5.73 Å². The number of hydrogen-bond acceptors (Lipinski definition) is 2.